The zero-order valence-electron chi connectivity index (χ0n) is 17.4. The summed E-state index contributed by atoms with van der Waals surface area (Å²) in [4.78, 5) is 22.2. The highest BCUT2D eigenvalue weighted by atomic mass is 16.1. The zero-order valence-corrected chi connectivity index (χ0v) is 17.4. The van der Waals surface area contributed by atoms with Crippen LogP contribution in [0.25, 0.3) is 23.4 Å². The Morgan fingerprint density at radius 2 is 1.90 bits per heavy atom. The number of anilines is 2. The molecule has 1 heterocycles. The van der Waals surface area contributed by atoms with E-state index >= 15 is 0 Å². The number of nitrogens with one attached hydrogen (secondary N) is 1. The third kappa shape index (κ3) is 4.40. The molecule has 1 amide bonds. The summed E-state index contributed by atoms with van der Waals surface area (Å²) in [7, 11) is 0. The summed E-state index contributed by atoms with van der Waals surface area (Å²) in [5.74, 6) is 0.749. The van der Waals surface area contributed by atoms with Crippen molar-refractivity contribution in [1.82, 2.24) is 9.97 Å². The first-order valence-electron chi connectivity index (χ1n) is 10.3. The van der Waals surface area contributed by atoms with E-state index < -0.39 is 0 Å². The number of carbonyl (C=O) groups is 1. The molecule has 5 heteroatoms. The molecule has 30 heavy (non-hydrogen) atoms. The topological polar surface area (TPSA) is 80.9 Å². The van der Waals surface area contributed by atoms with Crippen LogP contribution in [-0.2, 0) is 17.6 Å². The second kappa shape index (κ2) is 8.49. The smallest absolute Gasteiger partial charge is 0.225 e. The van der Waals surface area contributed by atoms with Gasteiger partial charge in [-0.2, -0.15) is 0 Å². The summed E-state index contributed by atoms with van der Waals surface area (Å²) < 4.78 is 0. The molecule has 0 unspecified atom stereocenters. The number of amides is 1. The minimum Gasteiger partial charge on any atom is -0.399 e. The van der Waals surface area contributed by atoms with E-state index in [0.717, 1.165) is 41.0 Å². The molecule has 2 aromatic carbocycles. The maximum Gasteiger partial charge on any atom is 0.225 e. The highest BCUT2D eigenvalue weighted by Gasteiger charge is 2.22. The Bertz CT molecular complexity index is 1100. The summed E-state index contributed by atoms with van der Waals surface area (Å²) in [6.45, 7) is 4.05. The van der Waals surface area contributed by atoms with Crippen molar-refractivity contribution >= 4 is 29.6 Å². The Kier molecular flexibility index (Phi) is 5.61. The molecular weight excluding hydrogens is 372 g/mol. The minimum atomic E-state index is -0.0439. The fourth-order valence-electron chi connectivity index (χ4n) is 3.68. The van der Waals surface area contributed by atoms with Crippen LogP contribution in [0, 0.1) is 5.92 Å². The zero-order chi connectivity index (χ0) is 21.1. The normalized spacial score (nSPS) is 12.6. The van der Waals surface area contributed by atoms with Gasteiger partial charge in [-0.3, -0.25) is 4.79 Å². The fraction of sp³-hybridized carbons (Fsp3) is 0.240. The van der Waals surface area contributed by atoms with E-state index in [-0.39, 0.29) is 11.8 Å². The largest absolute Gasteiger partial charge is 0.399 e. The lowest BCUT2D eigenvalue weighted by Crippen LogP contribution is -2.18. The predicted octanol–water partition coefficient (Wildman–Crippen LogP) is 4.98. The van der Waals surface area contributed by atoms with Crippen molar-refractivity contribution in [3.05, 3.63) is 71.0 Å². The number of hydrogen-bond acceptors (Lipinski definition) is 4. The Morgan fingerprint density at radius 1 is 1.10 bits per heavy atom. The minimum absolute atomic E-state index is 0.0439. The number of hydrogen-bond donors (Lipinski definition) is 2. The number of carbonyl (C=O) groups excluding carboxylic acids is 1. The Morgan fingerprint density at radius 3 is 2.67 bits per heavy atom. The van der Waals surface area contributed by atoms with Gasteiger partial charge in [0.25, 0.3) is 0 Å². The van der Waals surface area contributed by atoms with Crippen LogP contribution in [0.2, 0.25) is 0 Å². The third-order valence-electron chi connectivity index (χ3n) is 5.10. The Labute approximate surface area is 177 Å². The number of aryl methyl sites for hydroxylation is 2. The van der Waals surface area contributed by atoms with E-state index in [0.29, 0.717) is 17.9 Å². The molecule has 3 N–H and O–H groups in total. The van der Waals surface area contributed by atoms with Crippen LogP contribution in [0.15, 0.2) is 48.5 Å². The second-order valence-electron chi connectivity index (χ2n) is 8.06. The summed E-state index contributed by atoms with van der Waals surface area (Å²) in [5.41, 5.74) is 12.5. The van der Waals surface area contributed by atoms with Gasteiger partial charge < -0.3 is 11.1 Å². The molecule has 0 radical (unpaired) electrons. The first-order valence-corrected chi connectivity index (χ1v) is 10.3. The number of nitrogen functional groups attached to an aromatic ring is 1. The van der Waals surface area contributed by atoms with Crippen molar-refractivity contribution < 1.29 is 4.79 Å². The summed E-state index contributed by atoms with van der Waals surface area (Å²) >= 11 is 0. The van der Waals surface area contributed by atoms with Gasteiger partial charge in [-0.25, -0.2) is 9.97 Å². The van der Waals surface area contributed by atoms with Gasteiger partial charge >= 0.3 is 0 Å². The van der Waals surface area contributed by atoms with Crippen LogP contribution < -0.4 is 11.1 Å². The van der Waals surface area contributed by atoms with E-state index in [9.17, 15) is 4.79 Å². The predicted molar refractivity (Wildman–Crippen MR) is 123 cm³/mol. The third-order valence-corrected chi connectivity index (χ3v) is 5.10. The van der Waals surface area contributed by atoms with Gasteiger partial charge in [0.15, 0.2) is 5.82 Å². The highest BCUT2D eigenvalue weighted by Crippen LogP contribution is 2.34. The van der Waals surface area contributed by atoms with E-state index in [4.69, 9.17) is 15.7 Å². The van der Waals surface area contributed by atoms with E-state index in [1.165, 1.54) is 5.56 Å². The highest BCUT2D eigenvalue weighted by molar-refractivity contribution is 5.92. The maximum absolute atomic E-state index is 12.4. The molecule has 4 rings (SSSR count). The lowest BCUT2D eigenvalue weighted by atomic mass is 9.91. The summed E-state index contributed by atoms with van der Waals surface area (Å²) in [5, 5.41) is 2.98. The first-order chi connectivity index (χ1) is 14.5. The molecule has 0 fully saturated rings. The molecular formula is C25H26N4O. The number of nitrogens with two attached hydrogens (primary N) is 1. The van der Waals surface area contributed by atoms with Gasteiger partial charge in [-0.15, -0.1) is 0 Å². The standard InChI is InChI=1S/C25H26N4O/c1-16(2)14-23(30)29-25-22(12-8-17-6-4-3-5-7-17)27-24-20-11-10-19(26)15-18(20)9-13-21(24)28-25/h3-8,10-12,15-16H,9,13-14,26H2,1-2H3,(H,28,29,30)/b12-8+. The number of aromatic nitrogens is 2. The average Bonchev–Trinajstić information content (AvgIpc) is 2.72. The molecule has 1 aromatic heterocycles. The number of fused-ring (bicyclic) bond motifs is 3. The van der Waals surface area contributed by atoms with Crippen molar-refractivity contribution in [2.45, 2.75) is 33.1 Å². The van der Waals surface area contributed by atoms with Crippen molar-refractivity contribution in [2.75, 3.05) is 11.1 Å². The molecule has 0 saturated carbocycles. The van der Waals surface area contributed by atoms with E-state index in [2.05, 4.69) is 5.32 Å². The molecule has 1 aliphatic rings. The number of nitrogens with zero attached hydrogens (tertiary/aromatic N) is 2. The second-order valence-corrected chi connectivity index (χ2v) is 8.06. The molecule has 0 spiro atoms. The van der Waals surface area contributed by atoms with Gasteiger partial charge in [-0.05, 0) is 48.1 Å². The van der Waals surface area contributed by atoms with Crippen molar-refractivity contribution in [1.29, 1.82) is 0 Å². The van der Waals surface area contributed by atoms with Crippen LogP contribution in [-0.4, -0.2) is 15.9 Å². The number of rotatable bonds is 5. The van der Waals surface area contributed by atoms with Gasteiger partial charge in [-0.1, -0.05) is 56.3 Å². The van der Waals surface area contributed by atoms with Crippen molar-refractivity contribution in [3.63, 3.8) is 0 Å². The molecule has 152 valence electrons. The summed E-state index contributed by atoms with van der Waals surface area (Å²) in [6.07, 6.45) is 5.98. The Balaban J connectivity index is 1.76. The maximum atomic E-state index is 12.4. The molecule has 0 bridgehead atoms. The quantitative estimate of drug-likeness (QED) is 0.594. The van der Waals surface area contributed by atoms with Crippen LogP contribution >= 0.6 is 0 Å². The van der Waals surface area contributed by atoms with Crippen molar-refractivity contribution in [3.8, 4) is 11.3 Å². The lowest BCUT2D eigenvalue weighted by molar-refractivity contribution is -0.116. The monoisotopic (exact) mass is 398 g/mol. The van der Waals surface area contributed by atoms with E-state index in [1.807, 2.05) is 74.5 Å². The number of benzene rings is 2. The van der Waals surface area contributed by atoms with Crippen molar-refractivity contribution in [2.24, 2.45) is 5.92 Å². The van der Waals surface area contributed by atoms with Gasteiger partial charge in [0.2, 0.25) is 5.91 Å². The molecule has 3 aromatic rings. The van der Waals surface area contributed by atoms with Gasteiger partial charge in [0.1, 0.15) is 5.69 Å². The molecule has 5 nitrogen and oxygen atoms in total. The van der Waals surface area contributed by atoms with Gasteiger partial charge in [0, 0.05) is 17.7 Å². The summed E-state index contributed by atoms with van der Waals surface area (Å²) in [6, 6.07) is 15.9. The Hall–Kier alpha value is -3.47. The van der Waals surface area contributed by atoms with Gasteiger partial charge in [0.05, 0.1) is 11.4 Å². The molecule has 0 saturated heterocycles. The molecule has 1 aliphatic carbocycles. The molecule has 0 aliphatic heterocycles. The fourth-order valence-corrected chi connectivity index (χ4v) is 3.68. The first kappa shape index (κ1) is 19.8. The van der Waals surface area contributed by atoms with Crippen LogP contribution in [0.5, 0.6) is 0 Å². The van der Waals surface area contributed by atoms with Crippen LogP contribution in [0.3, 0.4) is 0 Å². The average molecular weight is 399 g/mol. The van der Waals surface area contributed by atoms with Crippen LogP contribution in [0.1, 0.15) is 42.8 Å². The molecule has 0 atom stereocenters. The lowest BCUT2D eigenvalue weighted by Gasteiger charge is -2.20. The van der Waals surface area contributed by atoms with E-state index in [1.54, 1.807) is 0 Å². The SMILES string of the molecule is CC(C)CC(=O)Nc1nc2c(nc1/C=C/c1ccccc1)-c1ccc(N)cc1CC2. The van der Waals surface area contributed by atoms with Crippen LogP contribution in [0.4, 0.5) is 11.5 Å².